The van der Waals surface area contributed by atoms with E-state index in [4.69, 9.17) is 5.73 Å². The normalized spacial score (nSPS) is 16.3. The fraction of sp³-hybridized carbons (Fsp3) is 0.412. The van der Waals surface area contributed by atoms with Crippen LogP contribution in [-0.4, -0.2) is 28.9 Å². The quantitative estimate of drug-likeness (QED) is 0.921. The van der Waals surface area contributed by atoms with Gasteiger partial charge in [0.25, 0.3) is 5.91 Å². The number of aromatic nitrogens is 1. The number of benzene rings is 1. The number of rotatable bonds is 2. The van der Waals surface area contributed by atoms with Crippen LogP contribution in [0.4, 0.5) is 5.69 Å². The molecule has 3 rings (SSSR count). The summed E-state index contributed by atoms with van der Waals surface area (Å²) in [5, 5.41) is 0.902. The number of anilines is 1. The maximum absolute atomic E-state index is 12.6. The van der Waals surface area contributed by atoms with Gasteiger partial charge >= 0.3 is 0 Å². The molecule has 110 valence electrons. The fourth-order valence-corrected chi connectivity index (χ4v) is 3.02. The van der Waals surface area contributed by atoms with Gasteiger partial charge in [-0.25, -0.2) is 4.98 Å². The van der Waals surface area contributed by atoms with Gasteiger partial charge in [-0.1, -0.05) is 31.5 Å². The van der Waals surface area contributed by atoms with Crippen molar-refractivity contribution < 1.29 is 4.79 Å². The Morgan fingerprint density at radius 1 is 1.33 bits per heavy atom. The van der Waals surface area contributed by atoms with Gasteiger partial charge in [-0.2, -0.15) is 0 Å². The van der Waals surface area contributed by atoms with Gasteiger partial charge in [-0.05, 0) is 30.9 Å². The molecule has 0 aliphatic carbocycles. The minimum atomic E-state index is 0.00186. The van der Waals surface area contributed by atoms with E-state index < -0.39 is 0 Å². The summed E-state index contributed by atoms with van der Waals surface area (Å²) in [5.74, 6) is 0.755. The topological polar surface area (TPSA) is 59.2 Å². The summed E-state index contributed by atoms with van der Waals surface area (Å²) in [6.45, 7) is 3.87. The van der Waals surface area contributed by atoms with Gasteiger partial charge in [0.1, 0.15) is 5.69 Å². The number of fused-ring (bicyclic) bond motifs is 1. The molecule has 2 aromatic rings. The van der Waals surface area contributed by atoms with Crippen molar-refractivity contribution in [3.63, 3.8) is 0 Å². The summed E-state index contributed by atoms with van der Waals surface area (Å²) < 4.78 is 0. The Hall–Kier alpha value is -2.10. The Balaban J connectivity index is 1.85. The molecule has 1 aliphatic heterocycles. The predicted molar refractivity (Wildman–Crippen MR) is 85.1 cm³/mol. The molecule has 0 radical (unpaired) electrons. The van der Waals surface area contributed by atoms with Crippen LogP contribution < -0.4 is 5.73 Å². The van der Waals surface area contributed by atoms with Gasteiger partial charge in [-0.3, -0.25) is 4.79 Å². The minimum absolute atomic E-state index is 0.00186. The molecule has 0 atom stereocenters. The molecule has 1 aromatic heterocycles. The Labute approximate surface area is 125 Å². The third kappa shape index (κ3) is 2.71. The first-order valence-electron chi connectivity index (χ1n) is 7.63. The Bertz CT molecular complexity index is 660. The number of carbonyl (C=O) groups excluding carboxylic acids is 1. The number of carbonyl (C=O) groups is 1. The second-order valence-corrected chi connectivity index (χ2v) is 5.76. The van der Waals surface area contributed by atoms with Crippen molar-refractivity contribution in [3.8, 4) is 0 Å². The van der Waals surface area contributed by atoms with E-state index in [9.17, 15) is 4.79 Å². The zero-order chi connectivity index (χ0) is 14.8. The van der Waals surface area contributed by atoms with Crippen LogP contribution in [0.1, 0.15) is 36.7 Å². The molecule has 1 amide bonds. The zero-order valence-electron chi connectivity index (χ0n) is 12.4. The molecule has 1 saturated heterocycles. The van der Waals surface area contributed by atoms with Gasteiger partial charge in [-0.15, -0.1) is 0 Å². The molecular weight excluding hydrogens is 262 g/mol. The van der Waals surface area contributed by atoms with E-state index in [1.165, 1.54) is 6.42 Å². The Morgan fingerprint density at radius 2 is 2.05 bits per heavy atom. The number of piperidine rings is 1. The highest BCUT2D eigenvalue weighted by Crippen LogP contribution is 2.24. The lowest BCUT2D eigenvalue weighted by Gasteiger charge is -2.31. The molecule has 4 heteroatoms. The molecule has 1 fully saturated rings. The van der Waals surface area contributed by atoms with Gasteiger partial charge in [0.2, 0.25) is 0 Å². The molecule has 0 spiro atoms. The summed E-state index contributed by atoms with van der Waals surface area (Å²) in [5.41, 5.74) is 7.92. The van der Waals surface area contributed by atoms with E-state index in [-0.39, 0.29) is 5.91 Å². The molecule has 0 saturated carbocycles. The van der Waals surface area contributed by atoms with Crippen LogP contribution in [0, 0.1) is 5.92 Å². The molecule has 2 heterocycles. The number of para-hydroxylation sites is 1. The highest BCUT2D eigenvalue weighted by molar-refractivity contribution is 5.99. The van der Waals surface area contributed by atoms with E-state index >= 15 is 0 Å². The second kappa shape index (κ2) is 5.72. The predicted octanol–water partition coefficient (Wildman–Crippen LogP) is 3.08. The Morgan fingerprint density at radius 3 is 2.76 bits per heavy atom. The summed E-state index contributed by atoms with van der Waals surface area (Å²) in [4.78, 5) is 19.0. The highest BCUT2D eigenvalue weighted by atomic mass is 16.2. The maximum atomic E-state index is 12.6. The number of nitrogen functional groups attached to an aromatic ring is 1. The van der Waals surface area contributed by atoms with Crippen molar-refractivity contribution in [1.82, 2.24) is 9.88 Å². The van der Waals surface area contributed by atoms with Crippen LogP contribution in [0.25, 0.3) is 10.9 Å². The third-order valence-corrected chi connectivity index (χ3v) is 4.45. The molecule has 0 bridgehead atoms. The minimum Gasteiger partial charge on any atom is -0.398 e. The van der Waals surface area contributed by atoms with Crippen molar-refractivity contribution in [1.29, 1.82) is 0 Å². The van der Waals surface area contributed by atoms with Crippen LogP contribution in [0.2, 0.25) is 0 Å². The Kier molecular flexibility index (Phi) is 3.78. The smallest absolute Gasteiger partial charge is 0.272 e. The number of nitrogens with zero attached hydrogens (tertiary/aromatic N) is 2. The monoisotopic (exact) mass is 283 g/mol. The van der Waals surface area contributed by atoms with Gasteiger partial charge in [0.15, 0.2) is 0 Å². The summed E-state index contributed by atoms with van der Waals surface area (Å²) in [6, 6.07) is 9.37. The molecular formula is C17H21N3O. The fourth-order valence-electron chi connectivity index (χ4n) is 3.02. The lowest BCUT2D eigenvalue weighted by molar-refractivity contribution is 0.0683. The summed E-state index contributed by atoms with van der Waals surface area (Å²) in [6.07, 6.45) is 3.37. The number of nitrogens with two attached hydrogens (primary N) is 1. The highest BCUT2D eigenvalue weighted by Gasteiger charge is 2.24. The molecule has 4 nitrogen and oxygen atoms in total. The number of amides is 1. The van der Waals surface area contributed by atoms with Crippen LogP contribution in [0.5, 0.6) is 0 Å². The van der Waals surface area contributed by atoms with E-state index in [1.54, 1.807) is 6.07 Å². The van der Waals surface area contributed by atoms with Crippen LogP contribution in [0.3, 0.4) is 0 Å². The van der Waals surface area contributed by atoms with E-state index in [1.807, 2.05) is 29.2 Å². The van der Waals surface area contributed by atoms with Crippen molar-refractivity contribution in [3.05, 3.63) is 36.0 Å². The number of hydrogen-bond donors (Lipinski definition) is 1. The molecule has 21 heavy (non-hydrogen) atoms. The number of likely N-dealkylation sites (tertiary alicyclic amines) is 1. The standard InChI is InChI=1S/C17H21N3O/c1-2-12-7-9-20(10-8-12)17(21)16-11-14(18)13-5-3-4-6-15(13)19-16/h3-6,11-12H,2,7-10H2,1H3,(H2,18,19). The number of pyridine rings is 1. The lowest BCUT2D eigenvalue weighted by atomic mass is 9.94. The summed E-state index contributed by atoms with van der Waals surface area (Å²) >= 11 is 0. The average Bonchev–Trinajstić information content (AvgIpc) is 2.54. The largest absolute Gasteiger partial charge is 0.398 e. The number of hydrogen-bond acceptors (Lipinski definition) is 3. The van der Waals surface area contributed by atoms with Gasteiger partial charge in [0.05, 0.1) is 5.52 Å². The van der Waals surface area contributed by atoms with E-state index in [0.29, 0.717) is 11.4 Å². The lowest BCUT2D eigenvalue weighted by Crippen LogP contribution is -2.38. The molecule has 0 unspecified atom stereocenters. The average molecular weight is 283 g/mol. The van der Waals surface area contributed by atoms with Crippen molar-refractivity contribution in [2.45, 2.75) is 26.2 Å². The molecule has 1 aromatic carbocycles. The SMILES string of the molecule is CCC1CCN(C(=O)c2cc(N)c3ccccc3n2)CC1. The zero-order valence-corrected chi connectivity index (χ0v) is 12.4. The van der Waals surface area contributed by atoms with E-state index in [2.05, 4.69) is 11.9 Å². The summed E-state index contributed by atoms with van der Waals surface area (Å²) in [7, 11) is 0. The van der Waals surface area contributed by atoms with Gasteiger partial charge < -0.3 is 10.6 Å². The maximum Gasteiger partial charge on any atom is 0.272 e. The van der Waals surface area contributed by atoms with Crippen molar-refractivity contribution >= 4 is 22.5 Å². The first kappa shape index (κ1) is 13.9. The molecule has 1 aliphatic rings. The van der Waals surface area contributed by atoms with Crippen LogP contribution in [0.15, 0.2) is 30.3 Å². The first-order valence-corrected chi connectivity index (χ1v) is 7.63. The first-order chi connectivity index (χ1) is 10.2. The molecule has 2 N–H and O–H groups in total. The van der Waals surface area contributed by atoms with Crippen LogP contribution >= 0.6 is 0 Å². The second-order valence-electron chi connectivity index (χ2n) is 5.76. The van der Waals surface area contributed by atoms with Crippen LogP contribution in [-0.2, 0) is 0 Å². The van der Waals surface area contributed by atoms with E-state index in [0.717, 1.165) is 42.8 Å². The van der Waals surface area contributed by atoms with Crippen molar-refractivity contribution in [2.24, 2.45) is 5.92 Å². The third-order valence-electron chi connectivity index (χ3n) is 4.45. The van der Waals surface area contributed by atoms with Gasteiger partial charge in [0, 0.05) is 24.2 Å². The van der Waals surface area contributed by atoms with Crippen molar-refractivity contribution in [2.75, 3.05) is 18.8 Å².